The molecule has 0 aliphatic heterocycles. The summed E-state index contributed by atoms with van der Waals surface area (Å²) >= 11 is 5.89. The van der Waals surface area contributed by atoms with Crippen LogP contribution in [0.5, 0.6) is 0 Å². The van der Waals surface area contributed by atoms with E-state index in [1.54, 1.807) is 25.4 Å². The van der Waals surface area contributed by atoms with Crippen molar-refractivity contribution >= 4 is 31.0 Å². The van der Waals surface area contributed by atoms with Gasteiger partial charge in [-0.05, 0) is 49.9 Å². The first-order valence-corrected chi connectivity index (χ1v) is 9.98. The smallest absolute Gasteiger partial charge is 0.328 e. The lowest BCUT2D eigenvalue weighted by Gasteiger charge is -2.29. The van der Waals surface area contributed by atoms with E-state index in [4.69, 9.17) is 11.6 Å². The Morgan fingerprint density at radius 3 is 2.53 bits per heavy atom. The zero-order chi connectivity index (χ0) is 22.2. The molecule has 32 heavy (non-hydrogen) atoms. The van der Waals surface area contributed by atoms with E-state index in [-0.39, 0.29) is 35.9 Å². The van der Waals surface area contributed by atoms with E-state index >= 15 is 0 Å². The van der Waals surface area contributed by atoms with Crippen LogP contribution >= 0.6 is 25.1 Å². The number of alkyl halides is 3. The Morgan fingerprint density at radius 1 is 1.22 bits per heavy atom. The van der Waals surface area contributed by atoms with Gasteiger partial charge in [-0.15, -0.1) is 0 Å². The summed E-state index contributed by atoms with van der Waals surface area (Å²) in [5.41, 5.74) is -1.10. The number of carbonyl (C=O) groups excluding carboxylic acids is 1. The number of rotatable bonds is 6. The van der Waals surface area contributed by atoms with Gasteiger partial charge in [0.2, 0.25) is 0 Å². The van der Waals surface area contributed by atoms with Crippen LogP contribution in [0.1, 0.15) is 47.6 Å². The normalized spacial score (nSPS) is 14.5. The monoisotopic (exact) mass is 484 g/mol. The van der Waals surface area contributed by atoms with Crippen LogP contribution in [0.4, 0.5) is 13.2 Å². The molecule has 0 N–H and O–H groups in total. The molecule has 2 aromatic heterocycles. The van der Waals surface area contributed by atoms with Gasteiger partial charge in [-0.3, -0.25) is 4.79 Å². The summed E-state index contributed by atoms with van der Waals surface area (Å²) in [5, 5.41) is 4.00. The highest BCUT2D eigenvalue weighted by Gasteiger charge is 2.35. The summed E-state index contributed by atoms with van der Waals surface area (Å²) in [5.74, 6) is 0.411. The molecule has 12 heteroatoms. The van der Waals surface area contributed by atoms with Crippen LogP contribution in [-0.2, 0) is 6.18 Å². The average molecular weight is 485 g/mol. The molecule has 1 atom stereocenters. The Kier molecular flexibility index (Phi) is 7.09. The van der Waals surface area contributed by atoms with Crippen LogP contribution in [0, 0.1) is 5.92 Å². The van der Waals surface area contributed by atoms with E-state index < -0.39 is 23.7 Å². The standard InChI is InChI=1S/C20H18ClF3N6O.H2S/c1-12(17-27-11-28-30(17)19-25-5-2-6-26-19)29(10-13-3-4-13)18(31)14-7-15(20(22,23)24)9-16(21)8-14;/h2,5-9,11-13H,3-4,10H2,1H3;1H2/t12-;/m0./s1. The minimum atomic E-state index is -4.61. The third-order valence-corrected chi connectivity index (χ3v) is 5.26. The zero-order valence-corrected chi connectivity index (χ0v) is 18.7. The number of carbonyl (C=O) groups is 1. The Labute approximate surface area is 194 Å². The molecule has 0 radical (unpaired) electrons. The number of aromatic nitrogens is 5. The third kappa shape index (κ3) is 5.21. The highest BCUT2D eigenvalue weighted by Crippen LogP contribution is 2.35. The first kappa shape index (κ1) is 24.0. The van der Waals surface area contributed by atoms with E-state index in [1.165, 1.54) is 22.0 Å². The fourth-order valence-electron chi connectivity index (χ4n) is 3.27. The van der Waals surface area contributed by atoms with E-state index in [9.17, 15) is 18.0 Å². The van der Waals surface area contributed by atoms with Crippen molar-refractivity contribution in [1.82, 2.24) is 29.6 Å². The van der Waals surface area contributed by atoms with E-state index in [2.05, 4.69) is 20.1 Å². The van der Waals surface area contributed by atoms with E-state index in [0.717, 1.165) is 25.0 Å². The van der Waals surface area contributed by atoms with Gasteiger partial charge in [-0.25, -0.2) is 15.0 Å². The van der Waals surface area contributed by atoms with Gasteiger partial charge in [0.1, 0.15) is 6.33 Å². The van der Waals surface area contributed by atoms with Gasteiger partial charge in [0.25, 0.3) is 11.9 Å². The third-order valence-electron chi connectivity index (χ3n) is 5.04. The predicted octanol–water partition coefficient (Wildman–Crippen LogP) is 4.46. The van der Waals surface area contributed by atoms with Crippen LogP contribution < -0.4 is 0 Å². The minimum absolute atomic E-state index is 0. The van der Waals surface area contributed by atoms with Crippen molar-refractivity contribution in [3.63, 3.8) is 0 Å². The molecule has 1 aliphatic rings. The Bertz CT molecular complexity index is 1090. The van der Waals surface area contributed by atoms with E-state index in [1.807, 2.05) is 0 Å². The molecule has 0 bridgehead atoms. The summed E-state index contributed by atoms with van der Waals surface area (Å²) < 4.78 is 41.1. The summed E-state index contributed by atoms with van der Waals surface area (Å²) in [7, 11) is 0. The Morgan fingerprint density at radius 2 is 1.91 bits per heavy atom. The maximum absolute atomic E-state index is 13.3. The van der Waals surface area contributed by atoms with Gasteiger partial charge in [0.15, 0.2) is 5.82 Å². The van der Waals surface area contributed by atoms with Crippen molar-refractivity contribution in [3.05, 3.63) is 65.0 Å². The van der Waals surface area contributed by atoms with Gasteiger partial charge in [0, 0.05) is 29.5 Å². The number of halogens is 4. The second-order valence-electron chi connectivity index (χ2n) is 7.38. The second-order valence-corrected chi connectivity index (χ2v) is 7.82. The van der Waals surface area contributed by atoms with Crippen LogP contribution in [0.3, 0.4) is 0 Å². The summed E-state index contributed by atoms with van der Waals surface area (Å²) in [6.45, 7) is 2.13. The highest BCUT2D eigenvalue weighted by atomic mass is 35.5. The topological polar surface area (TPSA) is 76.8 Å². The zero-order valence-electron chi connectivity index (χ0n) is 16.9. The average Bonchev–Trinajstić information content (AvgIpc) is 3.43. The Hall–Kier alpha value is -2.66. The summed E-state index contributed by atoms with van der Waals surface area (Å²) in [6, 6.07) is 3.94. The predicted molar refractivity (Wildman–Crippen MR) is 116 cm³/mol. The van der Waals surface area contributed by atoms with Gasteiger partial charge in [-0.2, -0.15) is 36.4 Å². The lowest BCUT2D eigenvalue weighted by Crippen LogP contribution is -2.37. The molecular formula is C20H20ClF3N6OS. The number of benzene rings is 1. The van der Waals surface area contributed by atoms with Gasteiger partial charge >= 0.3 is 6.18 Å². The molecule has 170 valence electrons. The van der Waals surface area contributed by atoms with Crippen molar-refractivity contribution < 1.29 is 18.0 Å². The number of hydrogen-bond acceptors (Lipinski definition) is 5. The second kappa shape index (κ2) is 9.45. The molecule has 1 aromatic carbocycles. The molecule has 1 saturated carbocycles. The summed E-state index contributed by atoms with van der Waals surface area (Å²) in [6.07, 6.45) is 1.72. The first-order valence-electron chi connectivity index (χ1n) is 9.60. The van der Waals surface area contributed by atoms with Crippen LogP contribution in [-0.4, -0.2) is 42.1 Å². The van der Waals surface area contributed by atoms with Crippen LogP contribution in [0.2, 0.25) is 5.02 Å². The maximum Gasteiger partial charge on any atom is 0.416 e. The quantitative estimate of drug-likeness (QED) is 0.516. The highest BCUT2D eigenvalue weighted by molar-refractivity contribution is 7.59. The van der Waals surface area contributed by atoms with E-state index in [0.29, 0.717) is 12.4 Å². The van der Waals surface area contributed by atoms with Crippen molar-refractivity contribution in [2.45, 2.75) is 32.0 Å². The van der Waals surface area contributed by atoms with Crippen molar-refractivity contribution in [1.29, 1.82) is 0 Å². The van der Waals surface area contributed by atoms with Crippen molar-refractivity contribution in [3.8, 4) is 5.95 Å². The molecule has 7 nitrogen and oxygen atoms in total. The molecule has 1 fully saturated rings. The van der Waals surface area contributed by atoms with Crippen LogP contribution in [0.15, 0.2) is 43.0 Å². The first-order chi connectivity index (χ1) is 14.7. The fourth-order valence-corrected chi connectivity index (χ4v) is 3.50. The number of nitrogens with zero attached hydrogens (tertiary/aromatic N) is 6. The molecule has 4 rings (SSSR count). The number of hydrogen-bond donors (Lipinski definition) is 0. The molecule has 3 aromatic rings. The van der Waals surface area contributed by atoms with Crippen molar-refractivity contribution in [2.24, 2.45) is 5.92 Å². The van der Waals surface area contributed by atoms with Gasteiger partial charge < -0.3 is 4.90 Å². The minimum Gasteiger partial charge on any atom is -0.328 e. The maximum atomic E-state index is 13.3. The van der Waals surface area contributed by atoms with Crippen molar-refractivity contribution in [2.75, 3.05) is 6.54 Å². The summed E-state index contributed by atoms with van der Waals surface area (Å²) in [4.78, 5) is 27.4. The molecule has 0 spiro atoms. The fraction of sp³-hybridized carbons (Fsp3) is 0.350. The molecule has 1 aliphatic carbocycles. The van der Waals surface area contributed by atoms with Crippen LogP contribution in [0.25, 0.3) is 5.95 Å². The van der Waals surface area contributed by atoms with Gasteiger partial charge in [-0.1, -0.05) is 11.6 Å². The number of amides is 1. The SMILES string of the molecule is C[C@@H](c1ncnn1-c1ncccn1)N(CC1CC1)C(=O)c1cc(Cl)cc(C(F)(F)F)c1.S. The molecule has 2 heterocycles. The largest absolute Gasteiger partial charge is 0.416 e. The molecule has 0 saturated heterocycles. The van der Waals surface area contributed by atoms with Gasteiger partial charge in [0.05, 0.1) is 11.6 Å². The lowest BCUT2D eigenvalue weighted by atomic mass is 10.1. The molecule has 1 amide bonds. The molecular weight excluding hydrogens is 465 g/mol. The lowest BCUT2D eigenvalue weighted by molar-refractivity contribution is -0.137. The Balaban J connectivity index is 0.00000289. The molecule has 0 unspecified atom stereocenters.